The summed E-state index contributed by atoms with van der Waals surface area (Å²) in [7, 11) is -3.61. The number of hydrogen-bond donors (Lipinski definition) is 2. The molecule has 8 heteroatoms. The third kappa shape index (κ3) is 3.95. The molecule has 0 bridgehead atoms. The van der Waals surface area contributed by atoms with Crippen LogP contribution in [0.4, 0.5) is 5.69 Å². The summed E-state index contributed by atoms with van der Waals surface area (Å²) < 4.78 is 27.8. The van der Waals surface area contributed by atoms with E-state index in [2.05, 4.69) is 20.7 Å². The lowest BCUT2D eigenvalue weighted by atomic mass is 10.3. The molecule has 0 aliphatic heterocycles. The van der Waals surface area contributed by atoms with Crippen molar-refractivity contribution in [1.29, 1.82) is 0 Å². The van der Waals surface area contributed by atoms with Gasteiger partial charge in [0.05, 0.1) is 9.47 Å². The molecular weight excluding hydrogens is 384 g/mol. The molecule has 1 heterocycles. The lowest BCUT2D eigenvalue weighted by Crippen LogP contribution is -2.26. The van der Waals surface area contributed by atoms with Crippen LogP contribution in [0.15, 0.2) is 39.0 Å². The molecule has 0 radical (unpaired) electrons. The van der Waals surface area contributed by atoms with Crippen molar-refractivity contribution in [3.8, 4) is 0 Å². The van der Waals surface area contributed by atoms with E-state index in [9.17, 15) is 8.42 Å². The number of sulfonamides is 1. The molecule has 0 aliphatic rings. The van der Waals surface area contributed by atoms with Crippen LogP contribution in [0.2, 0.25) is 5.02 Å². The number of benzene rings is 1. The number of halogens is 2. The number of hydrogen-bond acceptors (Lipinski definition) is 4. The molecule has 2 aromatic rings. The molecule has 0 fully saturated rings. The molecule has 0 saturated carbocycles. The first-order chi connectivity index (χ1) is 9.38. The van der Waals surface area contributed by atoms with Crippen LogP contribution < -0.4 is 10.5 Å². The molecule has 0 amide bonds. The maximum Gasteiger partial charge on any atom is 0.242 e. The summed E-state index contributed by atoms with van der Waals surface area (Å²) in [4.78, 5) is 1.15. The SMILES string of the molecule is Nc1cc(Cl)ccc1S(=O)(=O)NCCc1ccc(Br)s1. The third-order valence-corrected chi connectivity index (χ3v) is 6.01. The molecule has 0 atom stereocenters. The van der Waals surface area contributed by atoms with E-state index in [1.165, 1.54) is 18.2 Å². The van der Waals surface area contributed by atoms with Crippen LogP contribution in [-0.2, 0) is 16.4 Å². The maximum atomic E-state index is 12.1. The van der Waals surface area contributed by atoms with Crippen molar-refractivity contribution in [3.63, 3.8) is 0 Å². The number of nitrogens with two attached hydrogens (primary N) is 1. The zero-order valence-corrected chi connectivity index (χ0v) is 14.2. The van der Waals surface area contributed by atoms with Gasteiger partial charge in [-0.1, -0.05) is 11.6 Å². The fourth-order valence-corrected chi connectivity index (χ4v) is 4.44. The van der Waals surface area contributed by atoms with Crippen LogP contribution in [0.25, 0.3) is 0 Å². The van der Waals surface area contributed by atoms with E-state index in [1.54, 1.807) is 11.3 Å². The zero-order valence-electron chi connectivity index (χ0n) is 10.3. The van der Waals surface area contributed by atoms with Crippen molar-refractivity contribution in [3.05, 3.63) is 44.0 Å². The monoisotopic (exact) mass is 394 g/mol. The van der Waals surface area contributed by atoms with Crippen molar-refractivity contribution < 1.29 is 8.42 Å². The Bertz CT molecular complexity index is 716. The Labute approximate surface area is 135 Å². The fourth-order valence-electron chi connectivity index (χ4n) is 1.64. The largest absolute Gasteiger partial charge is 0.398 e. The Hall–Kier alpha value is -0.600. The molecule has 2 rings (SSSR count). The van der Waals surface area contributed by atoms with Crippen LogP contribution >= 0.6 is 38.9 Å². The number of nitrogen functional groups attached to an aromatic ring is 1. The molecule has 0 aliphatic carbocycles. The van der Waals surface area contributed by atoms with E-state index in [0.717, 1.165) is 8.66 Å². The van der Waals surface area contributed by atoms with Gasteiger partial charge in [-0.15, -0.1) is 11.3 Å². The van der Waals surface area contributed by atoms with Gasteiger partial charge in [-0.2, -0.15) is 0 Å². The standard InChI is InChI=1S/C12H12BrClN2O2S2/c13-12-4-2-9(19-12)5-6-16-20(17,18)11-3-1-8(14)7-10(11)15/h1-4,7,16H,5-6,15H2. The number of anilines is 1. The maximum absolute atomic E-state index is 12.1. The quantitative estimate of drug-likeness (QED) is 0.763. The Morgan fingerprint density at radius 2 is 2.05 bits per heavy atom. The number of rotatable bonds is 5. The average molecular weight is 396 g/mol. The Kier molecular flexibility index (Phi) is 5.09. The number of nitrogens with one attached hydrogen (secondary N) is 1. The highest BCUT2D eigenvalue weighted by atomic mass is 79.9. The fraction of sp³-hybridized carbons (Fsp3) is 0.167. The van der Waals surface area contributed by atoms with Crippen LogP contribution in [0, 0.1) is 0 Å². The minimum Gasteiger partial charge on any atom is -0.398 e. The molecule has 3 N–H and O–H groups in total. The highest BCUT2D eigenvalue weighted by Gasteiger charge is 2.17. The van der Waals surface area contributed by atoms with Gasteiger partial charge in [0.25, 0.3) is 0 Å². The Balaban J connectivity index is 2.04. The molecule has 0 unspecified atom stereocenters. The van der Waals surface area contributed by atoms with Gasteiger partial charge >= 0.3 is 0 Å². The van der Waals surface area contributed by atoms with Crippen LogP contribution in [0.1, 0.15) is 4.88 Å². The molecular formula is C12H12BrClN2O2S2. The van der Waals surface area contributed by atoms with E-state index in [-0.39, 0.29) is 10.6 Å². The van der Waals surface area contributed by atoms with E-state index in [4.69, 9.17) is 17.3 Å². The summed E-state index contributed by atoms with van der Waals surface area (Å²) in [5, 5.41) is 0.407. The van der Waals surface area contributed by atoms with Crippen LogP contribution in [0.5, 0.6) is 0 Å². The first-order valence-electron chi connectivity index (χ1n) is 5.67. The van der Waals surface area contributed by atoms with Gasteiger partial charge in [0, 0.05) is 16.4 Å². The van der Waals surface area contributed by atoms with Crippen molar-refractivity contribution in [2.75, 3.05) is 12.3 Å². The third-order valence-electron chi connectivity index (χ3n) is 2.55. The second kappa shape index (κ2) is 6.44. The van der Waals surface area contributed by atoms with E-state index >= 15 is 0 Å². The first-order valence-corrected chi connectivity index (χ1v) is 9.14. The molecule has 0 saturated heterocycles. The van der Waals surface area contributed by atoms with E-state index < -0.39 is 10.0 Å². The molecule has 1 aromatic heterocycles. The molecule has 108 valence electrons. The summed E-state index contributed by atoms with van der Waals surface area (Å²) in [5.41, 5.74) is 5.83. The smallest absolute Gasteiger partial charge is 0.242 e. The lowest BCUT2D eigenvalue weighted by molar-refractivity contribution is 0.582. The van der Waals surface area contributed by atoms with Crippen molar-refractivity contribution in [1.82, 2.24) is 4.72 Å². The van der Waals surface area contributed by atoms with Gasteiger partial charge in [-0.25, -0.2) is 13.1 Å². The zero-order chi connectivity index (χ0) is 14.8. The highest BCUT2D eigenvalue weighted by Crippen LogP contribution is 2.23. The number of thiophene rings is 1. The summed E-state index contributed by atoms with van der Waals surface area (Å²) in [6.07, 6.45) is 0.628. The molecule has 1 aromatic carbocycles. The van der Waals surface area contributed by atoms with Crippen molar-refractivity contribution in [2.45, 2.75) is 11.3 Å². The topological polar surface area (TPSA) is 72.2 Å². The average Bonchev–Trinajstić information content (AvgIpc) is 2.74. The highest BCUT2D eigenvalue weighted by molar-refractivity contribution is 9.11. The normalized spacial score (nSPS) is 11.7. The van der Waals surface area contributed by atoms with Crippen LogP contribution in [-0.4, -0.2) is 15.0 Å². The van der Waals surface area contributed by atoms with Gasteiger partial charge in [-0.3, -0.25) is 0 Å². The molecule has 0 spiro atoms. The Morgan fingerprint density at radius 3 is 2.65 bits per heavy atom. The lowest BCUT2D eigenvalue weighted by Gasteiger charge is -2.08. The van der Waals surface area contributed by atoms with Gasteiger partial charge in [0.1, 0.15) is 4.90 Å². The van der Waals surface area contributed by atoms with Crippen LogP contribution in [0.3, 0.4) is 0 Å². The minimum absolute atomic E-state index is 0.0502. The van der Waals surface area contributed by atoms with E-state index in [0.29, 0.717) is 18.0 Å². The van der Waals surface area contributed by atoms with Gasteiger partial charge in [0.15, 0.2) is 0 Å². The second-order valence-electron chi connectivity index (χ2n) is 4.04. The van der Waals surface area contributed by atoms with Gasteiger partial charge < -0.3 is 5.73 Å². The summed E-state index contributed by atoms with van der Waals surface area (Å²) in [6, 6.07) is 8.22. The summed E-state index contributed by atoms with van der Waals surface area (Å²) >= 11 is 10.7. The van der Waals surface area contributed by atoms with Gasteiger partial charge in [0.2, 0.25) is 10.0 Å². The predicted octanol–water partition coefficient (Wildman–Crippen LogP) is 3.27. The first kappa shape index (κ1) is 15.8. The summed E-state index contributed by atoms with van der Waals surface area (Å²) in [6.45, 7) is 0.317. The van der Waals surface area contributed by atoms with Crippen molar-refractivity contribution >= 4 is 54.6 Å². The van der Waals surface area contributed by atoms with Crippen molar-refractivity contribution in [2.24, 2.45) is 0 Å². The van der Waals surface area contributed by atoms with Gasteiger partial charge in [-0.05, 0) is 52.7 Å². The van der Waals surface area contributed by atoms with E-state index in [1.807, 2.05) is 12.1 Å². The summed E-state index contributed by atoms with van der Waals surface area (Å²) in [5.74, 6) is 0. The minimum atomic E-state index is -3.61. The molecule has 4 nitrogen and oxygen atoms in total. The molecule has 20 heavy (non-hydrogen) atoms. The Morgan fingerprint density at radius 1 is 1.30 bits per heavy atom. The predicted molar refractivity (Wildman–Crippen MR) is 86.8 cm³/mol. The second-order valence-corrected chi connectivity index (χ2v) is 8.76.